The largest absolute Gasteiger partial charge is 0.466 e. The van der Waals surface area contributed by atoms with Crippen molar-refractivity contribution in [2.24, 2.45) is 0 Å². The molecule has 0 saturated heterocycles. The van der Waals surface area contributed by atoms with Gasteiger partial charge < -0.3 is 9.30 Å². The van der Waals surface area contributed by atoms with Crippen LogP contribution in [0.5, 0.6) is 0 Å². The number of methoxy groups -OCH3 is 1. The summed E-state index contributed by atoms with van der Waals surface area (Å²) in [5.74, 6) is 0.901. The molecule has 0 atom stereocenters. The quantitative estimate of drug-likeness (QED) is 0.343. The average Bonchev–Trinajstić information content (AvgIpc) is 3.28. The summed E-state index contributed by atoms with van der Waals surface area (Å²) in [5, 5.41) is 1.29. The first-order valence-electron chi connectivity index (χ1n) is 9.03. The Bertz CT molecular complexity index is 892. The number of benzene rings is 1. The first-order valence-corrected chi connectivity index (χ1v) is 9.03. The van der Waals surface area contributed by atoms with Gasteiger partial charge in [-0.25, -0.2) is 9.78 Å². The van der Waals surface area contributed by atoms with Crippen LogP contribution in [0.15, 0.2) is 55.1 Å². The number of rotatable bonds is 8. The van der Waals surface area contributed by atoms with Crippen molar-refractivity contribution in [1.82, 2.24) is 14.1 Å². The smallest absolute Gasteiger partial charge is 0.330 e. The standard InChI is InChI=1S/C21H25N3O2/c1-17-18-10-7-8-11-19(18)24(21(17)23-15-13-22-16-23)14-9-5-3-4-6-12-20(25)26-2/h6-8,10-13,15-16H,3-5,9,14H2,1-2H3. The third kappa shape index (κ3) is 3.87. The van der Waals surface area contributed by atoms with Gasteiger partial charge in [-0.15, -0.1) is 0 Å². The number of aryl methyl sites for hydroxylation is 2. The molecule has 0 aliphatic carbocycles. The molecule has 0 radical (unpaired) electrons. The molecule has 5 heteroatoms. The van der Waals surface area contributed by atoms with E-state index in [1.165, 1.54) is 35.5 Å². The van der Waals surface area contributed by atoms with E-state index in [0.717, 1.165) is 32.2 Å². The lowest BCUT2D eigenvalue weighted by Crippen LogP contribution is -2.06. The number of carbonyl (C=O) groups is 1. The fourth-order valence-electron chi connectivity index (χ4n) is 3.36. The number of unbranched alkanes of at least 4 members (excludes halogenated alkanes) is 3. The molecule has 0 N–H and O–H groups in total. The second-order valence-corrected chi connectivity index (χ2v) is 6.36. The van der Waals surface area contributed by atoms with E-state index in [0.29, 0.717) is 0 Å². The van der Waals surface area contributed by atoms with Crippen molar-refractivity contribution in [3.63, 3.8) is 0 Å². The topological polar surface area (TPSA) is 49.0 Å². The summed E-state index contributed by atoms with van der Waals surface area (Å²) < 4.78 is 9.07. The Kier molecular flexibility index (Phi) is 5.89. The molecular formula is C21H25N3O2. The van der Waals surface area contributed by atoms with Crippen molar-refractivity contribution in [2.45, 2.75) is 39.2 Å². The average molecular weight is 351 g/mol. The van der Waals surface area contributed by atoms with Gasteiger partial charge in [0, 0.05) is 35.9 Å². The summed E-state index contributed by atoms with van der Waals surface area (Å²) in [4.78, 5) is 15.2. The Hall–Kier alpha value is -2.82. The van der Waals surface area contributed by atoms with E-state index in [1.807, 2.05) is 24.8 Å². The summed E-state index contributed by atoms with van der Waals surface area (Å²) in [7, 11) is 1.40. The number of para-hydroxylation sites is 1. The molecule has 1 aromatic carbocycles. The molecule has 3 rings (SSSR count). The molecule has 0 unspecified atom stereocenters. The third-order valence-electron chi connectivity index (χ3n) is 4.65. The highest BCUT2D eigenvalue weighted by Gasteiger charge is 2.14. The summed E-state index contributed by atoms with van der Waals surface area (Å²) in [6.45, 7) is 3.13. The van der Waals surface area contributed by atoms with Crippen molar-refractivity contribution in [2.75, 3.05) is 7.11 Å². The minimum absolute atomic E-state index is 0.288. The molecule has 3 aromatic rings. The summed E-state index contributed by atoms with van der Waals surface area (Å²) in [6.07, 6.45) is 13.2. The summed E-state index contributed by atoms with van der Waals surface area (Å²) >= 11 is 0. The molecule has 0 bridgehead atoms. The molecule has 0 saturated carbocycles. The number of aromatic nitrogens is 3. The molecule has 0 amide bonds. The maximum absolute atomic E-state index is 11.0. The number of hydrogen-bond acceptors (Lipinski definition) is 3. The van der Waals surface area contributed by atoms with E-state index in [4.69, 9.17) is 0 Å². The maximum Gasteiger partial charge on any atom is 0.330 e. The minimum Gasteiger partial charge on any atom is -0.466 e. The van der Waals surface area contributed by atoms with Gasteiger partial charge in [-0.2, -0.15) is 0 Å². The zero-order valence-corrected chi connectivity index (χ0v) is 15.4. The van der Waals surface area contributed by atoms with Crippen LogP contribution in [0.25, 0.3) is 16.7 Å². The van der Waals surface area contributed by atoms with Gasteiger partial charge in [0.25, 0.3) is 0 Å². The van der Waals surface area contributed by atoms with E-state index in [9.17, 15) is 4.79 Å². The van der Waals surface area contributed by atoms with Gasteiger partial charge in [0.1, 0.15) is 12.1 Å². The minimum atomic E-state index is -0.288. The molecular weight excluding hydrogens is 326 g/mol. The van der Waals surface area contributed by atoms with Crippen LogP contribution in [0, 0.1) is 6.92 Å². The van der Waals surface area contributed by atoms with E-state index >= 15 is 0 Å². The number of imidazole rings is 1. The van der Waals surface area contributed by atoms with E-state index in [2.05, 4.69) is 50.0 Å². The van der Waals surface area contributed by atoms with Gasteiger partial charge >= 0.3 is 5.97 Å². The zero-order valence-electron chi connectivity index (χ0n) is 15.4. The number of allylic oxidation sites excluding steroid dienone is 1. The predicted octanol–water partition coefficient (Wildman–Crippen LogP) is 4.43. The van der Waals surface area contributed by atoms with Gasteiger partial charge in [-0.05, 0) is 37.8 Å². The molecule has 2 aromatic heterocycles. The van der Waals surface area contributed by atoms with Gasteiger partial charge in [0.15, 0.2) is 0 Å². The fourth-order valence-corrected chi connectivity index (χ4v) is 3.36. The Morgan fingerprint density at radius 3 is 2.85 bits per heavy atom. The first kappa shape index (κ1) is 18.0. The van der Waals surface area contributed by atoms with E-state index in [1.54, 1.807) is 0 Å². The predicted molar refractivity (Wildman–Crippen MR) is 103 cm³/mol. The van der Waals surface area contributed by atoms with Crippen molar-refractivity contribution in [3.05, 3.63) is 60.7 Å². The van der Waals surface area contributed by atoms with Gasteiger partial charge in [0.05, 0.1) is 7.11 Å². The molecule has 5 nitrogen and oxygen atoms in total. The second-order valence-electron chi connectivity index (χ2n) is 6.36. The maximum atomic E-state index is 11.0. The molecule has 0 aliphatic heterocycles. The number of fused-ring (bicyclic) bond motifs is 1. The van der Waals surface area contributed by atoms with Crippen molar-refractivity contribution in [1.29, 1.82) is 0 Å². The zero-order chi connectivity index (χ0) is 18.4. The molecule has 136 valence electrons. The van der Waals surface area contributed by atoms with Crippen LogP contribution in [0.2, 0.25) is 0 Å². The van der Waals surface area contributed by atoms with Crippen LogP contribution < -0.4 is 0 Å². The van der Waals surface area contributed by atoms with Crippen LogP contribution in [0.3, 0.4) is 0 Å². The molecule has 0 fully saturated rings. The molecule has 0 aliphatic rings. The van der Waals surface area contributed by atoms with Crippen molar-refractivity contribution in [3.8, 4) is 5.82 Å². The lowest BCUT2D eigenvalue weighted by molar-refractivity contribution is -0.134. The van der Waals surface area contributed by atoms with Gasteiger partial charge in [0.2, 0.25) is 0 Å². The Morgan fingerprint density at radius 2 is 2.08 bits per heavy atom. The molecule has 2 heterocycles. The SMILES string of the molecule is COC(=O)C=CCCCCCn1c(-n2ccnc2)c(C)c2ccccc21. The number of nitrogens with zero attached hydrogens (tertiary/aromatic N) is 3. The highest BCUT2D eigenvalue weighted by atomic mass is 16.5. The monoisotopic (exact) mass is 351 g/mol. The van der Waals surface area contributed by atoms with E-state index in [-0.39, 0.29) is 5.97 Å². The first-order chi connectivity index (χ1) is 12.7. The fraction of sp³-hybridized carbons (Fsp3) is 0.333. The summed E-state index contributed by atoms with van der Waals surface area (Å²) in [5.41, 5.74) is 2.54. The normalized spacial score (nSPS) is 11.5. The van der Waals surface area contributed by atoms with Crippen LogP contribution in [0.4, 0.5) is 0 Å². The van der Waals surface area contributed by atoms with Crippen LogP contribution >= 0.6 is 0 Å². The Morgan fingerprint density at radius 1 is 1.23 bits per heavy atom. The molecule has 26 heavy (non-hydrogen) atoms. The highest BCUT2D eigenvalue weighted by molar-refractivity contribution is 5.87. The van der Waals surface area contributed by atoms with Gasteiger partial charge in [-0.3, -0.25) is 4.57 Å². The molecule has 0 spiro atoms. The highest BCUT2D eigenvalue weighted by Crippen LogP contribution is 2.28. The van der Waals surface area contributed by atoms with Gasteiger partial charge in [-0.1, -0.05) is 30.7 Å². The lowest BCUT2D eigenvalue weighted by atomic mass is 10.2. The number of hydrogen-bond donors (Lipinski definition) is 0. The van der Waals surface area contributed by atoms with Crippen LogP contribution in [-0.2, 0) is 16.1 Å². The number of carbonyl (C=O) groups excluding carboxylic acids is 1. The third-order valence-corrected chi connectivity index (χ3v) is 4.65. The van der Waals surface area contributed by atoms with E-state index < -0.39 is 0 Å². The van der Waals surface area contributed by atoms with Crippen molar-refractivity contribution < 1.29 is 9.53 Å². The number of ether oxygens (including phenoxy) is 1. The van der Waals surface area contributed by atoms with Crippen LogP contribution in [0.1, 0.15) is 31.2 Å². The lowest BCUT2D eigenvalue weighted by Gasteiger charge is -2.12. The number of esters is 1. The Labute approximate surface area is 153 Å². The second kappa shape index (κ2) is 8.52. The van der Waals surface area contributed by atoms with Crippen LogP contribution in [-0.4, -0.2) is 27.2 Å². The summed E-state index contributed by atoms with van der Waals surface area (Å²) in [6, 6.07) is 8.54. The van der Waals surface area contributed by atoms with Crippen molar-refractivity contribution >= 4 is 16.9 Å². The Balaban J connectivity index is 1.69.